The van der Waals surface area contributed by atoms with Gasteiger partial charge in [0.1, 0.15) is 5.82 Å². The lowest BCUT2D eigenvalue weighted by atomic mass is 10.2. The fraction of sp³-hybridized carbons (Fsp3) is 0.188. The molecule has 2 rings (SSSR count). The molecule has 0 fully saturated rings. The summed E-state index contributed by atoms with van der Waals surface area (Å²) >= 11 is 6.99. The molecule has 2 nitrogen and oxygen atoms in total. The van der Waals surface area contributed by atoms with Crippen molar-refractivity contribution in [1.29, 1.82) is 0 Å². The summed E-state index contributed by atoms with van der Waals surface area (Å²) in [7, 11) is 0. The summed E-state index contributed by atoms with van der Waals surface area (Å²) in [4.78, 5) is 11.8. The number of rotatable bonds is 5. The lowest BCUT2D eigenvalue weighted by Gasteiger charge is -2.10. The monoisotopic (exact) mass is 377 g/mol. The van der Waals surface area contributed by atoms with E-state index in [9.17, 15) is 22.4 Å². The van der Waals surface area contributed by atoms with Crippen molar-refractivity contribution in [2.45, 2.75) is 11.9 Å². The number of hydrogen-bond acceptors (Lipinski definition) is 2. The molecule has 0 spiro atoms. The molecule has 0 atom stereocenters. The third-order valence-electron chi connectivity index (χ3n) is 3.01. The Labute approximate surface area is 145 Å². The van der Waals surface area contributed by atoms with Crippen LogP contribution in [0.3, 0.4) is 0 Å². The molecule has 1 N–H and O–H groups in total. The van der Waals surface area contributed by atoms with Crippen LogP contribution in [0.5, 0.6) is 0 Å². The van der Waals surface area contributed by atoms with Crippen LogP contribution >= 0.6 is 23.4 Å². The normalized spacial score (nSPS) is 11.4. The SMILES string of the molecule is O=C(CSCc1c(F)cccc1Cl)Nc1cccc(C(F)(F)F)c1. The summed E-state index contributed by atoms with van der Waals surface area (Å²) in [6.07, 6.45) is -4.48. The molecule has 0 unspecified atom stereocenters. The molecule has 0 saturated carbocycles. The molecular formula is C16H12ClF4NOS. The standard InChI is InChI=1S/C16H12ClF4NOS/c17-13-5-2-6-14(18)12(13)8-24-9-15(23)22-11-4-1-3-10(7-11)16(19,20)21/h1-7H,8-9H2,(H,22,23). The second-order valence-corrected chi connectivity index (χ2v) is 6.21. The van der Waals surface area contributed by atoms with Gasteiger partial charge < -0.3 is 5.32 Å². The predicted octanol–water partition coefficient (Wildman–Crippen LogP) is 5.37. The van der Waals surface area contributed by atoms with Crippen LogP contribution in [0.15, 0.2) is 42.5 Å². The number of benzene rings is 2. The molecule has 0 bridgehead atoms. The maximum Gasteiger partial charge on any atom is 0.416 e. The van der Waals surface area contributed by atoms with Crippen molar-refractivity contribution in [1.82, 2.24) is 0 Å². The van der Waals surface area contributed by atoms with E-state index in [1.54, 1.807) is 6.07 Å². The van der Waals surface area contributed by atoms with Crippen LogP contribution in [0.25, 0.3) is 0 Å². The maximum absolute atomic E-state index is 13.6. The first-order chi connectivity index (χ1) is 11.3. The van der Waals surface area contributed by atoms with Crippen LogP contribution in [0, 0.1) is 5.82 Å². The minimum atomic E-state index is -4.48. The maximum atomic E-state index is 13.6. The number of nitrogens with one attached hydrogen (secondary N) is 1. The van der Waals surface area contributed by atoms with Crippen LogP contribution in [0.4, 0.5) is 23.2 Å². The molecule has 24 heavy (non-hydrogen) atoms. The number of halogens is 5. The Balaban J connectivity index is 1.90. The largest absolute Gasteiger partial charge is 0.416 e. The highest BCUT2D eigenvalue weighted by molar-refractivity contribution is 7.99. The first-order valence-electron chi connectivity index (χ1n) is 6.75. The highest BCUT2D eigenvalue weighted by Crippen LogP contribution is 2.30. The van der Waals surface area contributed by atoms with Crippen LogP contribution in [-0.2, 0) is 16.7 Å². The summed E-state index contributed by atoms with van der Waals surface area (Å²) < 4.78 is 51.4. The summed E-state index contributed by atoms with van der Waals surface area (Å²) in [6.45, 7) is 0. The summed E-state index contributed by atoms with van der Waals surface area (Å²) in [5, 5.41) is 2.65. The third-order valence-corrected chi connectivity index (χ3v) is 4.33. The van der Waals surface area contributed by atoms with Gasteiger partial charge in [-0.2, -0.15) is 13.2 Å². The number of hydrogen-bond donors (Lipinski definition) is 1. The van der Waals surface area contributed by atoms with E-state index >= 15 is 0 Å². The van der Waals surface area contributed by atoms with E-state index in [0.29, 0.717) is 0 Å². The van der Waals surface area contributed by atoms with Gasteiger partial charge in [-0.3, -0.25) is 4.79 Å². The summed E-state index contributed by atoms with van der Waals surface area (Å²) in [5.74, 6) is -0.803. The first-order valence-corrected chi connectivity index (χ1v) is 8.28. The summed E-state index contributed by atoms with van der Waals surface area (Å²) in [6, 6.07) is 8.65. The molecule has 128 valence electrons. The lowest BCUT2D eigenvalue weighted by Crippen LogP contribution is -2.15. The van der Waals surface area contributed by atoms with E-state index in [4.69, 9.17) is 11.6 Å². The molecule has 0 aliphatic rings. The molecule has 0 aromatic heterocycles. The van der Waals surface area contributed by atoms with Gasteiger partial charge in [-0.05, 0) is 30.3 Å². The smallest absolute Gasteiger partial charge is 0.325 e. The van der Waals surface area contributed by atoms with Gasteiger partial charge in [-0.1, -0.05) is 23.7 Å². The number of alkyl halides is 3. The average molecular weight is 378 g/mol. The van der Waals surface area contributed by atoms with Gasteiger partial charge in [0, 0.05) is 22.0 Å². The van der Waals surface area contributed by atoms with Crippen LogP contribution in [0.1, 0.15) is 11.1 Å². The van der Waals surface area contributed by atoms with Crippen molar-refractivity contribution < 1.29 is 22.4 Å². The van der Waals surface area contributed by atoms with E-state index in [1.165, 1.54) is 24.3 Å². The zero-order valence-corrected chi connectivity index (χ0v) is 13.7. The topological polar surface area (TPSA) is 29.1 Å². The molecule has 0 radical (unpaired) electrons. The van der Waals surface area contributed by atoms with Gasteiger partial charge in [0.05, 0.1) is 11.3 Å². The van der Waals surface area contributed by atoms with Gasteiger partial charge in [-0.25, -0.2) is 4.39 Å². The van der Waals surface area contributed by atoms with Crippen LogP contribution in [0.2, 0.25) is 5.02 Å². The molecular weight excluding hydrogens is 366 g/mol. The number of carbonyl (C=O) groups is 1. The van der Waals surface area contributed by atoms with E-state index in [0.717, 1.165) is 23.9 Å². The van der Waals surface area contributed by atoms with Crippen molar-refractivity contribution in [2.24, 2.45) is 0 Å². The Bertz CT molecular complexity index is 716. The van der Waals surface area contributed by atoms with Crippen LogP contribution in [-0.4, -0.2) is 11.7 Å². The molecule has 0 aliphatic carbocycles. The number of carbonyl (C=O) groups excluding carboxylic acids is 1. The highest BCUT2D eigenvalue weighted by atomic mass is 35.5. The van der Waals surface area contributed by atoms with Gasteiger partial charge in [-0.15, -0.1) is 11.8 Å². The molecule has 0 aliphatic heterocycles. The molecule has 2 aromatic carbocycles. The summed E-state index contributed by atoms with van der Waals surface area (Å²) in [5.41, 5.74) is -0.499. The number of thioether (sulfide) groups is 1. The van der Waals surface area contributed by atoms with Crippen molar-refractivity contribution in [2.75, 3.05) is 11.1 Å². The van der Waals surface area contributed by atoms with Gasteiger partial charge >= 0.3 is 6.18 Å². The lowest BCUT2D eigenvalue weighted by molar-refractivity contribution is -0.137. The first kappa shape index (κ1) is 18.6. The zero-order valence-electron chi connectivity index (χ0n) is 12.2. The van der Waals surface area contributed by atoms with Crippen molar-refractivity contribution in [3.05, 3.63) is 64.4 Å². The molecule has 0 heterocycles. The number of amides is 1. The Morgan fingerprint density at radius 2 is 1.88 bits per heavy atom. The minimum Gasteiger partial charge on any atom is -0.325 e. The van der Waals surface area contributed by atoms with Crippen LogP contribution < -0.4 is 5.32 Å². The van der Waals surface area contributed by atoms with Gasteiger partial charge in [0.25, 0.3) is 0 Å². The molecule has 8 heteroatoms. The van der Waals surface area contributed by atoms with Gasteiger partial charge in [0.2, 0.25) is 5.91 Å². The van der Waals surface area contributed by atoms with E-state index < -0.39 is 23.5 Å². The zero-order chi connectivity index (χ0) is 17.7. The molecule has 2 aromatic rings. The Morgan fingerprint density at radius 1 is 1.17 bits per heavy atom. The van der Waals surface area contributed by atoms with Crippen molar-refractivity contribution >= 4 is 35.0 Å². The molecule has 1 amide bonds. The van der Waals surface area contributed by atoms with Gasteiger partial charge in [0.15, 0.2) is 0 Å². The number of anilines is 1. The predicted molar refractivity (Wildman–Crippen MR) is 87.6 cm³/mol. The Kier molecular flexibility index (Phi) is 6.12. The van der Waals surface area contributed by atoms with Crippen molar-refractivity contribution in [3.8, 4) is 0 Å². The van der Waals surface area contributed by atoms with E-state index in [-0.39, 0.29) is 27.8 Å². The quantitative estimate of drug-likeness (QED) is 0.710. The highest BCUT2D eigenvalue weighted by Gasteiger charge is 2.30. The fourth-order valence-electron chi connectivity index (χ4n) is 1.89. The third kappa shape index (κ3) is 5.14. The van der Waals surface area contributed by atoms with E-state index in [1.807, 2.05) is 0 Å². The second kappa shape index (κ2) is 7.90. The second-order valence-electron chi connectivity index (χ2n) is 4.82. The van der Waals surface area contributed by atoms with Crippen molar-refractivity contribution in [3.63, 3.8) is 0 Å². The fourth-order valence-corrected chi connectivity index (χ4v) is 3.05. The minimum absolute atomic E-state index is 0.0408. The average Bonchev–Trinajstić information content (AvgIpc) is 2.49. The van der Waals surface area contributed by atoms with E-state index in [2.05, 4.69) is 5.32 Å². The Hall–Kier alpha value is -1.73. The Morgan fingerprint density at radius 3 is 2.54 bits per heavy atom. The molecule has 0 saturated heterocycles.